The maximum atomic E-state index is 12.9. The zero-order valence-electron chi connectivity index (χ0n) is 14.1. The van der Waals surface area contributed by atoms with E-state index in [-0.39, 0.29) is 11.8 Å². The number of oxazole rings is 1. The van der Waals surface area contributed by atoms with E-state index in [1.54, 1.807) is 10.7 Å². The summed E-state index contributed by atoms with van der Waals surface area (Å²) in [6, 6.07) is 3.94. The predicted molar refractivity (Wildman–Crippen MR) is 89.0 cm³/mol. The minimum Gasteiger partial charge on any atom is -0.445 e. The van der Waals surface area contributed by atoms with Gasteiger partial charge in [0.1, 0.15) is 11.5 Å². The molecule has 1 amide bonds. The molecule has 24 heavy (non-hydrogen) atoms. The van der Waals surface area contributed by atoms with Gasteiger partial charge in [-0.15, -0.1) is 0 Å². The number of rotatable bonds is 2. The Morgan fingerprint density at radius 1 is 1.33 bits per heavy atom. The van der Waals surface area contributed by atoms with Gasteiger partial charge in [0.2, 0.25) is 0 Å². The lowest BCUT2D eigenvalue weighted by molar-refractivity contribution is 0.0730. The summed E-state index contributed by atoms with van der Waals surface area (Å²) in [4.78, 5) is 19.3. The second kappa shape index (κ2) is 5.47. The zero-order valence-corrected chi connectivity index (χ0v) is 14.1. The van der Waals surface area contributed by atoms with Crippen molar-refractivity contribution in [2.45, 2.75) is 39.7 Å². The van der Waals surface area contributed by atoms with E-state index in [1.807, 2.05) is 30.2 Å². The van der Waals surface area contributed by atoms with Gasteiger partial charge in [-0.3, -0.25) is 4.79 Å². The van der Waals surface area contributed by atoms with Crippen molar-refractivity contribution >= 4 is 11.4 Å². The van der Waals surface area contributed by atoms with Crippen molar-refractivity contribution in [3.8, 4) is 0 Å². The Morgan fingerprint density at radius 2 is 2.17 bits per heavy atom. The third kappa shape index (κ3) is 2.38. The first-order chi connectivity index (χ1) is 11.5. The number of nitrogens with zero attached hydrogens (tertiary/aromatic N) is 4. The van der Waals surface area contributed by atoms with Crippen molar-refractivity contribution in [1.82, 2.24) is 19.5 Å². The van der Waals surface area contributed by atoms with Crippen molar-refractivity contribution in [3.05, 3.63) is 53.0 Å². The summed E-state index contributed by atoms with van der Waals surface area (Å²) in [5, 5.41) is 4.30. The van der Waals surface area contributed by atoms with Crippen molar-refractivity contribution in [3.63, 3.8) is 0 Å². The van der Waals surface area contributed by atoms with E-state index in [1.165, 1.54) is 0 Å². The fraction of sp³-hybridized carbons (Fsp3) is 0.389. The predicted octanol–water partition coefficient (Wildman–Crippen LogP) is 2.95. The van der Waals surface area contributed by atoms with E-state index in [0.29, 0.717) is 25.1 Å². The van der Waals surface area contributed by atoms with Crippen LogP contribution in [-0.2, 0) is 13.0 Å². The second-order valence-corrected chi connectivity index (χ2v) is 6.65. The van der Waals surface area contributed by atoms with E-state index >= 15 is 0 Å². The van der Waals surface area contributed by atoms with Gasteiger partial charge >= 0.3 is 0 Å². The first-order valence-electron chi connectivity index (χ1n) is 8.24. The van der Waals surface area contributed by atoms with Crippen LogP contribution in [0.1, 0.15) is 53.0 Å². The molecule has 0 aromatic carbocycles. The van der Waals surface area contributed by atoms with Crippen LogP contribution in [0.2, 0.25) is 0 Å². The minimum atomic E-state index is -0.00593. The standard InChI is InChI=1S/C18H20N4O2/c1-11(2)17-20-14-10-21(7-6-16(14)24-17)18(23)13-8-19-22-9-12(3)4-5-15(13)22/h4-5,8-9,11H,6-7,10H2,1-3H3. The second-order valence-electron chi connectivity index (χ2n) is 6.65. The maximum absolute atomic E-state index is 12.9. The van der Waals surface area contributed by atoms with Gasteiger partial charge in [-0.05, 0) is 18.6 Å². The average Bonchev–Trinajstić information content (AvgIpc) is 3.16. The van der Waals surface area contributed by atoms with Gasteiger partial charge in [-0.1, -0.05) is 19.9 Å². The van der Waals surface area contributed by atoms with Crippen LogP contribution in [0.3, 0.4) is 0 Å². The molecule has 0 spiro atoms. The molecule has 0 N–H and O–H groups in total. The summed E-state index contributed by atoms with van der Waals surface area (Å²) in [6.07, 6.45) is 4.28. The zero-order chi connectivity index (χ0) is 16.8. The summed E-state index contributed by atoms with van der Waals surface area (Å²) in [5.41, 5.74) is 3.45. The molecule has 0 fully saturated rings. The Kier molecular flexibility index (Phi) is 3.40. The molecule has 6 nitrogen and oxygen atoms in total. The molecule has 0 saturated carbocycles. The first kappa shape index (κ1) is 14.9. The number of hydrogen-bond donors (Lipinski definition) is 0. The lowest BCUT2D eigenvalue weighted by Gasteiger charge is -2.25. The highest BCUT2D eigenvalue weighted by atomic mass is 16.4. The van der Waals surface area contributed by atoms with Crippen molar-refractivity contribution in [1.29, 1.82) is 0 Å². The van der Waals surface area contributed by atoms with Crippen LogP contribution in [0.15, 0.2) is 28.9 Å². The topological polar surface area (TPSA) is 63.6 Å². The molecule has 3 aromatic rings. The molecule has 3 aromatic heterocycles. The first-order valence-corrected chi connectivity index (χ1v) is 8.24. The summed E-state index contributed by atoms with van der Waals surface area (Å²) < 4.78 is 7.56. The molecule has 4 heterocycles. The molecule has 124 valence electrons. The van der Waals surface area contributed by atoms with E-state index in [9.17, 15) is 4.79 Å². The summed E-state index contributed by atoms with van der Waals surface area (Å²) in [6.45, 7) is 7.25. The lowest BCUT2D eigenvalue weighted by Crippen LogP contribution is -2.35. The molecule has 1 aliphatic heterocycles. The maximum Gasteiger partial charge on any atom is 0.258 e. The van der Waals surface area contributed by atoms with Crippen molar-refractivity contribution in [2.24, 2.45) is 0 Å². The van der Waals surface area contributed by atoms with Gasteiger partial charge in [0, 0.05) is 25.1 Å². The molecule has 6 heteroatoms. The highest BCUT2D eigenvalue weighted by Crippen LogP contribution is 2.25. The van der Waals surface area contributed by atoms with Crippen LogP contribution in [-0.4, -0.2) is 31.9 Å². The largest absolute Gasteiger partial charge is 0.445 e. The smallest absolute Gasteiger partial charge is 0.258 e. The van der Waals surface area contributed by atoms with Crippen LogP contribution < -0.4 is 0 Å². The summed E-state index contributed by atoms with van der Waals surface area (Å²) in [5.74, 6) is 1.91. The normalized spacial score (nSPS) is 14.4. The van der Waals surface area contributed by atoms with E-state index in [2.05, 4.69) is 23.9 Å². The molecule has 4 rings (SSSR count). The Bertz CT molecular complexity index is 922. The summed E-state index contributed by atoms with van der Waals surface area (Å²) >= 11 is 0. The van der Waals surface area contributed by atoms with Crippen molar-refractivity contribution in [2.75, 3.05) is 6.54 Å². The fourth-order valence-corrected chi connectivity index (χ4v) is 3.06. The number of aromatic nitrogens is 3. The monoisotopic (exact) mass is 324 g/mol. The fourth-order valence-electron chi connectivity index (χ4n) is 3.06. The quantitative estimate of drug-likeness (QED) is 0.727. The number of aryl methyl sites for hydroxylation is 1. The number of carbonyl (C=O) groups is 1. The molecule has 0 radical (unpaired) electrons. The highest BCUT2D eigenvalue weighted by Gasteiger charge is 2.28. The number of amides is 1. The molecule has 0 aliphatic carbocycles. The minimum absolute atomic E-state index is 0.00593. The molecular formula is C18H20N4O2. The van der Waals surface area contributed by atoms with Crippen LogP contribution in [0.5, 0.6) is 0 Å². The number of carbonyl (C=O) groups excluding carboxylic acids is 1. The van der Waals surface area contributed by atoms with Crippen LogP contribution in [0.4, 0.5) is 0 Å². The Hall–Kier alpha value is -2.63. The van der Waals surface area contributed by atoms with Crippen molar-refractivity contribution < 1.29 is 9.21 Å². The summed E-state index contributed by atoms with van der Waals surface area (Å²) in [7, 11) is 0. The molecule has 0 unspecified atom stereocenters. The van der Waals surface area contributed by atoms with E-state index in [4.69, 9.17) is 4.42 Å². The number of pyridine rings is 1. The van der Waals surface area contributed by atoms with E-state index in [0.717, 1.165) is 28.4 Å². The molecular weight excluding hydrogens is 304 g/mol. The van der Waals surface area contributed by atoms with Crippen LogP contribution in [0.25, 0.3) is 5.52 Å². The third-order valence-corrected chi connectivity index (χ3v) is 4.42. The third-order valence-electron chi connectivity index (χ3n) is 4.42. The van der Waals surface area contributed by atoms with Crippen LogP contribution in [0, 0.1) is 6.92 Å². The van der Waals surface area contributed by atoms with Gasteiger partial charge in [0.15, 0.2) is 5.89 Å². The number of hydrogen-bond acceptors (Lipinski definition) is 4. The Morgan fingerprint density at radius 3 is 2.96 bits per heavy atom. The molecule has 0 bridgehead atoms. The SMILES string of the molecule is Cc1ccc2c(C(=O)N3CCc4oc(C(C)C)nc4C3)cnn2c1. The van der Waals surface area contributed by atoms with E-state index < -0.39 is 0 Å². The Labute approximate surface area is 140 Å². The van der Waals surface area contributed by atoms with Gasteiger partial charge < -0.3 is 9.32 Å². The number of fused-ring (bicyclic) bond motifs is 2. The molecule has 1 aliphatic rings. The van der Waals surface area contributed by atoms with Gasteiger partial charge in [-0.25, -0.2) is 9.50 Å². The Balaban J connectivity index is 1.62. The van der Waals surface area contributed by atoms with Gasteiger partial charge in [-0.2, -0.15) is 5.10 Å². The molecule has 0 saturated heterocycles. The average molecular weight is 324 g/mol. The van der Waals surface area contributed by atoms with Gasteiger partial charge in [0.05, 0.1) is 23.8 Å². The van der Waals surface area contributed by atoms with Gasteiger partial charge in [0.25, 0.3) is 5.91 Å². The molecule has 0 atom stereocenters. The highest BCUT2D eigenvalue weighted by molar-refractivity contribution is 6.00. The lowest BCUT2D eigenvalue weighted by atomic mass is 10.1. The van der Waals surface area contributed by atoms with Crippen LogP contribution >= 0.6 is 0 Å².